The summed E-state index contributed by atoms with van der Waals surface area (Å²) in [6, 6.07) is 7.56. The van der Waals surface area contributed by atoms with Crippen molar-refractivity contribution in [2.45, 2.75) is 32.1 Å². The van der Waals surface area contributed by atoms with Crippen LogP contribution in [0.4, 0.5) is 0 Å². The number of rotatable bonds is 9. The van der Waals surface area contributed by atoms with Crippen LogP contribution in [0.25, 0.3) is 0 Å². The quantitative estimate of drug-likeness (QED) is 0.383. The predicted octanol–water partition coefficient (Wildman–Crippen LogP) is 3.91. The van der Waals surface area contributed by atoms with Crippen LogP contribution in [0.5, 0.6) is 5.75 Å². The number of nitrogens with zero attached hydrogens (tertiary/aromatic N) is 1. The first kappa shape index (κ1) is 16.5. The Morgan fingerprint density at radius 1 is 1.14 bits per heavy atom. The highest BCUT2D eigenvalue weighted by atomic mass is 79.9. The van der Waals surface area contributed by atoms with E-state index in [9.17, 15) is 4.79 Å². The SMILES string of the molecule is O=C(CCCCBr)c1ccc(OCCN2CCCC2)cc1. The monoisotopic (exact) mass is 353 g/mol. The van der Waals surface area contributed by atoms with Gasteiger partial charge in [-0.1, -0.05) is 15.9 Å². The number of ketones is 1. The number of ether oxygens (including phenoxy) is 1. The van der Waals surface area contributed by atoms with Crippen LogP contribution in [-0.2, 0) is 0 Å². The van der Waals surface area contributed by atoms with E-state index in [1.807, 2.05) is 24.3 Å². The first-order valence-electron chi connectivity index (χ1n) is 7.84. The van der Waals surface area contributed by atoms with Gasteiger partial charge in [0.1, 0.15) is 12.4 Å². The molecule has 1 heterocycles. The number of halogens is 1. The first-order valence-corrected chi connectivity index (χ1v) is 8.96. The zero-order valence-electron chi connectivity index (χ0n) is 12.5. The molecular weight excluding hydrogens is 330 g/mol. The molecule has 1 aromatic rings. The molecule has 0 N–H and O–H groups in total. The molecule has 0 spiro atoms. The van der Waals surface area contributed by atoms with E-state index in [-0.39, 0.29) is 5.78 Å². The zero-order valence-corrected chi connectivity index (χ0v) is 14.1. The molecule has 0 saturated carbocycles. The van der Waals surface area contributed by atoms with Crippen LogP contribution in [-0.4, -0.2) is 42.3 Å². The molecule has 4 heteroatoms. The van der Waals surface area contributed by atoms with Crippen LogP contribution in [0.2, 0.25) is 0 Å². The van der Waals surface area contributed by atoms with Crippen molar-refractivity contribution in [3.05, 3.63) is 29.8 Å². The Kier molecular flexibility index (Phi) is 7.24. The van der Waals surface area contributed by atoms with Gasteiger partial charge in [0.25, 0.3) is 0 Å². The molecule has 1 fully saturated rings. The highest BCUT2D eigenvalue weighted by Gasteiger charge is 2.11. The van der Waals surface area contributed by atoms with Crippen molar-refractivity contribution in [3.8, 4) is 5.75 Å². The van der Waals surface area contributed by atoms with Crippen molar-refractivity contribution in [1.29, 1.82) is 0 Å². The molecule has 116 valence electrons. The molecule has 0 bridgehead atoms. The summed E-state index contributed by atoms with van der Waals surface area (Å²) in [5, 5.41) is 0.962. The van der Waals surface area contributed by atoms with Crippen LogP contribution in [0.1, 0.15) is 42.5 Å². The van der Waals surface area contributed by atoms with E-state index < -0.39 is 0 Å². The highest BCUT2D eigenvalue weighted by Crippen LogP contribution is 2.15. The van der Waals surface area contributed by atoms with Crippen LogP contribution in [0.15, 0.2) is 24.3 Å². The Morgan fingerprint density at radius 2 is 1.86 bits per heavy atom. The first-order chi connectivity index (χ1) is 10.3. The van der Waals surface area contributed by atoms with E-state index in [1.165, 1.54) is 25.9 Å². The van der Waals surface area contributed by atoms with Crippen molar-refractivity contribution < 1.29 is 9.53 Å². The van der Waals surface area contributed by atoms with Crippen LogP contribution in [0, 0.1) is 0 Å². The van der Waals surface area contributed by atoms with E-state index in [0.29, 0.717) is 6.42 Å². The number of carbonyl (C=O) groups is 1. The summed E-state index contributed by atoms with van der Waals surface area (Å²) in [7, 11) is 0. The van der Waals surface area contributed by atoms with Crippen molar-refractivity contribution in [2.75, 3.05) is 31.6 Å². The number of hydrogen-bond donors (Lipinski definition) is 0. The van der Waals surface area contributed by atoms with E-state index in [0.717, 1.165) is 42.6 Å². The molecule has 1 aliphatic rings. The van der Waals surface area contributed by atoms with Gasteiger partial charge in [-0.15, -0.1) is 0 Å². The molecule has 21 heavy (non-hydrogen) atoms. The molecule has 1 saturated heterocycles. The Hall–Kier alpha value is -0.870. The standard InChI is InChI=1S/C17H24BrNO2/c18-10-2-1-5-17(20)15-6-8-16(9-7-15)21-14-13-19-11-3-4-12-19/h6-9H,1-5,10-14H2. The molecule has 1 aromatic carbocycles. The predicted molar refractivity (Wildman–Crippen MR) is 89.6 cm³/mol. The third kappa shape index (κ3) is 5.79. The van der Waals surface area contributed by atoms with Crippen LogP contribution < -0.4 is 4.74 Å². The summed E-state index contributed by atoms with van der Waals surface area (Å²) >= 11 is 3.38. The summed E-state index contributed by atoms with van der Waals surface area (Å²) in [4.78, 5) is 14.4. The lowest BCUT2D eigenvalue weighted by Gasteiger charge is -2.14. The molecule has 0 unspecified atom stereocenters. The fraction of sp³-hybridized carbons (Fsp3) is 0.588. The summed E-state index contributed by atoms with van der Waals surface area (Å²) in [6.07, 6.45) is 5.24. The third-order valence-corrected chi connectivity index (χ3v) is 4.40. The number of alkyl halides is 1. The van der Waals surface area contributed by atoms with Gasteiger partial charge in [-0.2, -0.15) is 0 Å². The molecule has 0 aromatic heterocycles. The zero-order chi connectivity index (χ0) is 14.9. The topological polar surface area (TPSA) is 29.5 Å². The maximum Gasteiger partial charge on any atom is 0.162 e. The summed E-state index contributed by atoms with van der Waals surface area (Å²) in [5.74, 6) is 1.07. The number of Topliss-reactive ketones (excluding diaryl/α,β-unsaturated/α-hetero) is 1. The minimum atomic E-state index is 0.222. The van der Waals surface area contributed by atoms with Crippen molar-refractivity contribution in [3.63, 3.8) is 0 Å². The molecule has 0 aliphatic carbocycles. The summed E-state index contributed by atoms with van der Waals surface area (Å²) < 4.78 is 5.74. The number of carbonyl (C=O) groups excluding carboxylic acids is 1. The lowest BCUT2D eigenvalue weighted by molar-refractivity contribution is 0.0980. The van der Waals surface area contributed by atoms with Crippen molar-refractivity contribution in [2.24, 2.45) is 0 Å². The van der Waals surface area contributed by atoms with Gasteiger partial charge in [-0.05, 0) is 63.0 Å². The molecule has 1 aliphatic heterocycles. The summed E-state index contributed by atoms with van der Waals surface area (Å²) in [6.45, 7) is 4.11. The maximum absolute atomic E-state index is 12.0. The molecule has 0 atom stereocenters. The smallest absolute Gasteiger partial charge is 0.162 e. The average Bonchev–Trinajstić information content (AvgIpc) is 3.01. The van der Waals surface area contributed by atoms with Gasteiger partial charge in [0, 0.05) is 23.9 Å². The van der Waals surface area contributed by atoms with E-state index in [2.05, 4.69) is 20.8 Å². The second-order valence-electron chi connectivity index (χ2n) is 5.49. The van der Waals surface area contributed by atoms with Crippen LogP contribution >= 0.6 is 15.9 Å². The maximum atomic E-state index is 12.0. The molecule has 3 nitrogen and oxygen atoms in total. The van der Waals surface area contributed by atoms with Gasteiger partial charge in [0.15, 0.2) is 5.78 Å². The van der Waals surface area contributed by atoms with Crippen molar-refractivity contribution in [1.82, 2.24) is 4.90 Å². The number of benzene rings is 1. The highest BCUT2D eigenvalue weighted by molar-refractivity contribution is 9.09. The Balaban J connectivity index is 1.71. The lowest BCUT2D eigenvalue weighted by Crippen LogP contribution is -2.25. The fourth-order valence-electron chi connectivity index (χ4n) is 2.56. The molecule has 0 amide bonds. The average molecular weight is 354 g/mol. The number of likely N-dealkylation sites (tertiary alicyclic amines) is 1. The summed E-state index contributed by atoms with van der Waals surface area (Å²) in [5.41, 5.74) is 0.788. The largest absolute Gasteiger partial charge is 0.492 e. The third-order valence-electron chi connectivity index (χ3n) is 3.84. The fourth-order valence-corrected chi connectivity index (χ4v) is 2.96. The Morgan fingerprint density at radius 3 is 2.52 bits per heavy atom. The number of hydrogen-bond acceptors (Lipinski definition) is 3. The van der Waals surface area contributed by atoms with E-state index in [4.69, 9.17) is 4.74 Å². The van der Waals surface area contributed by atoms with Gasteiger partial charge >= 0.3 is 0 Å². The minimum absolute atomic E-state index is 0.222. The second kappa shape index (κ2) is 9.21. The molecular formula is C17H24BrNO2. The van der Waals surface area contributed by atoms with Gasteiger partial charge in [-0.25, -0.2) is 0 Å². The lowest BCUT2D eigenvalue weighted by atomic mass is 10.1. The number of unbranched alkanes of at least 4 members (excludes halogenated alkanes) is 1. The van der Waals surface area contributed by atoms with Crippen molar-refractivity contribution >= 4 is 21.7 Å². The van der Waals surface area contributed by atoms with Gasteiger partial charge in [0.2, 0.25) is 0 Å². The van der Waals surface area contributed by atoms with E-state index in [1.54, 1.807) is 0 Å². The second-order valence-corrected chi connectivity index (χ2v) is 6.28. The Bertz CT molecular complexity index is 427. The Labute approximate surface area is 135 Å². The van der Waals surface area contributed by atoms with Crippen LogP contribution in [0.3, 0.4) is 0 Å². The van der Waals surface area contributed by atoms with E-state index >= 15 is 0 Å². The normalized spacial score (nSPS) is 15.3. The minimum Gasteiger partial charge on any atom is -0.492 e. The molecule has 0 radical (unpaired) electrons. The van der Waals surface area contributed by atoms with Gasteiger partial charge < -0.3 is 4.74 Å². The van der Waals surface area contributed by atoms with Gasteiger partial charge in [0.05, 0.1) is 0 Å². The van der Waals surface area contributed by atoms with Gasteiger partial charge in [-0.3, -0.25) is 9.69 Å². The molecule has 2 rings (SSSR count).